The highest BCUT2D eigenvalue weighted by atomic mass is 19.1. The van der Waals surface area contributed by atoms with Crippen molar-refractivity contribution in [2.24, 2.45) is 0 Å². The van der Waals surface area contributed by atoms with Crippen LogP contribution in [0.15, 0.2) is 45.6 Å². The molecule has 4 nitrogen and oxygen atoms in total. The van der Waals surface area contributed by atoms with Gasteiger partial charge in [-0.3, -0.25) is 4.90 Å². The highest BCUT2D eigenvalue weighted by Gasteiger charge is 2.13. The Balaban J connectivity index is 1.91. The van der Waals surface area contributed by atoms with E-state index in [1.165, 1.54) is 18.7 Å². The molecule has 28 heavy (non-hydrogen) atoms. The van der Waals surface area contributed by atoms with Crippen LogP contribution in [0.5, 0.6) is 5.75 Å². The van der Waals surface area contributed by atoms with Gasteiger partial charge in [0.2, 0.25) is 0 Å². The van der Waals surface area contributed by atoms with Crippen molar-refractivity contribution in [1.82, 2.24) is 4.90 Å². The first-order valence-corrected chi connectivity index (χ1v) is 9.36. The van der Waals surface area contributed by atoms with E-state index in [0.29, 0.717) is 24.6 Å². The van der Waals surface area contributed by atoms with Gasteiger partial charge in [0.1, 0.15) is 5.58 Å². The predicted molar refractivity (Wildman–Crippen MR) is 109 cm³/mol. The number of rotatable bonds is 6. The summed E-state index contributed by atoms with van der Waals surface area (Å²) in [6.07, 6.45) is 0. The van der Waals surface area contributed by atoms with Crippen molar-refractivity contribution in [2.45, 2.75) is 39.8 Å². The van der Waals surface area contributed by atoms with Gasteiger partial charge in [0.15, 0.2) is 11.6 Å². The summed E-state index contributed by atoms with van der Waals surface area (Å²) in [4.78, 5) is 14.1. The van der Waals surface area contributed by atoms with Crippen molar-refractivity contribution in [3.8, 4) is 5.75 Å². The largest absolute Gasteiger partial charge is 0.494 e. The lowest BCUT2D eigenvalue weighted by molar-refractivity contribution is 0.318. The third-order valence-corrected chi connectivity index (χ3v) is 4.95. The van der Waals surface area contributed by atoms with Crippen molar-refractivity contribution in [3.63, 3.8) is 0 Å². The minimum atomic E-state index is -0.378. The number of fused-ring (bicyclic) bond motifs is 1. The molecule has 0 saturated heterocycles. The highest BCUT2D eigenvalue weighted by Crippen LogP contribution is 2.27. The minimum absolute atomic E-state index is 0.231. The van der Waals surface area contributed by atoms with Crippen LogP contribution < -0.4 is 10.4 Å². The average Bonchev–Trinajstić information content (AvgIpc) is 2.60. The van der Waals surface area contributed by atoms with E-state index in [1.807, 2.05) is 31.0 Å². The molecule has 0 radical (unpaired) electrons. The van der Waals surface area contributed by atoms with Crippen LogP contribution >= 0.6 is 0 Å². The molecule has 0 atom stereocenters. The first-order chi connectivity index (χ1) is 13.3. The molecule has 0 unspecified atom stereocenters. The minimum Gasteiger partial charge on any atom is -0.494 e. The quantitative estimate of drug-likeness (QED) is 0.562. The molecule has 0 aliphatic carbocycles. The van der Waals surface area contributed by atoms with Gasteiger partial charge in [0, 0.05) is 24.5 Å². The molecule has 0 amide bonds. The lowest BCUT2D eigenvalue weighted by atomic mass is 9.95. The molecule has 0 spiro atoms. The van der Waals surface area contributed by atoms with Crippen LogP contribution in [0, 0.1) is 12.7 Å². The number of nitrogens with zero attached hydrogens (tertiary/aromatic N) is 1. The van der Waals surface area contributed by atoms with E-state index in [-0.39, 0.29) is 17.2 Å². The van der Waals surface area contributed by atoms with Gasteiger partial charge < -0.3 is 9.15 Å². The number of methoxy groups -OCH3 is 1. The number of ether oxygens (including phenoxy) is 1. The molecule has 148 valence electrons. The zero-order chi connectivity index (χ0) is 20.4. The van der Waals surface area contributed by atoms with Crippen LogP contribution in [0.25, 0.3) is 11.0 Å². The molecule has 3 aromatic rings. The lowest BCUT2D eigenvalue weighted by Gasteiger charge is -2.19. The van der Waals surface area contributed by atoms with Gasteiger partial charge in [-0.25, -0.2) is 9.18 Å². The summed E-state index contributed by atoms with van der Waals surface area (Å²) in [5.74, 6) is 0.232. The summed E-state index contributed by atoms with van der Waals surface area (Å²) in [6, 6.07) is 10.6. The molecule has 0 aliphatic rings. The molecular formula is C23H26FNO3. The summed E-state index contributed by atoms with van der Waals surface area (Å²) in [5.41, 5.74) is 4.35. The van der Waals surface area contributed by atoms with Gasteiger partial charge in [-0.05, 0) is 66.4 Å². The second-order valence-corrected chi connectivity index (χ2v) is 7.59. The zero-order valence-electron chi connectivity index (χ0n) is 17.0. The second-order valence-electron chi connectivity index (χ2n) is 7.59. The van der Waals surface area contributed by atoms with Crippen molar-refractivity contribution >= 4 is 11.0 Å². The third-order valence-electron chi connectivity index (χ3n) is 4.95. The Bertz CT molecular complexity index is 1060. The second kappa shape index (κ2) is 8.15. The Kier molecular flexibility index (Phi) is 5.84. The van der Waals surface area contributed by atoms with Crippen LogP contribution in [0.2, 0.25) is 0 Å². The van der Waals surface area contributed by atoms with Crippen LogP contribution in [0.1, 0.15) is 42.0 Å². The van der Waals surface area contributed by atoms with Gasteiger partial charge >= 0.3 is 5.63 Å². The van der Waals surface area contributed by atoms with E-state index in [0.717, 1.165) is 22.1 Å². The van der Waals surface area contributed by atoms with Gasteiger partial charge in [-0.15, -0.1) is 0 Å². The van der Waals surface area contributed by atoms with E-state index in [1.54, 1.807) is 12.1 Å². The first-order valence-electron chi connectivity index (χ1n) is 9.36. The fourth-order valence-corrected chi connectivity index (χ4v) is 3.61. The van der Waals surface area contributed by atoms with Crippen molar-refractivity contribution < 1.29 is 13.5 Å². The van der Waals surface area contributed by atoms with Crippen LogP contribution in [0.3, 0.4) is 0 Å². The molecule has 5 heteroatoms. The number of benzene rings is 2. The molecule has 0 fully saturated rings. The number of halogens is 1. The first kappa shape index (κ1) is 20.1. The topological polar surface area (TPSA) is 42.7 Å². The van der Waals surface area contributed by atoms with Crippen molar-refractivity contribution in [1.29, 1.82) is 0 Å². The van der Waals surface area contributed by atoms with E-state index in [2.05, 4.69) is 19.9 Å². The fourth-order valence-electron chi connectivity index (χ4n) is 3.61. The molecule has 0 saturated carbocycles. The van der Waals surface area contributed by atoms with Gasteiger partial charge in [0.25, 0.3) is 0 Å². The fraction of sp³-hybridized carbons (Fsp3) is 0.348. The Morgan fingerprint density at radius 2 is 1.89 bits per heavy atom. The van der Waals surface area contributed by atoms with E-state index < -0.39 is 0 Å². The summed E-state index contributed by atoms with van der Waals surface area (Å²) < 4.78 is 24.3. The van der Waals surface area contributed by atoms with E-state index >= 15 is 0 Å². The zero-order valence-corrected chi connectivity index (χ0v) is 17.0. The molecular weight excluding hydrogens is 357 g/mol. The highest BCUT2D eigenvalue weighted by molar-refractivity contribution is 5.82. The number of aryl methyl sites for hydroxylation is 1. The molecule has 1 heterocycles. The maximum Gasteiger partial charge on any atom is 0.336 e. The molecule has 1 aromatic heterocycles. The van der Waals surface area contributed by atoms with Gasteiger partial charge in [-0.1, -0.05) is 19.9 Å². The van der Waals surface area contributed by atoms with Crippen LogP contribution in [0.4, 0.5) is 4.39 Å². The smallest absolute Gasteiger partial charge is 0.336 e. The molecule has 3 rings (SSSR count). The third kappa shape index (κ3) is 4.25. The standard InChI is InChI=1S/C23H26FNO3/c1-14(2)18-11-19-17(10-23(26)28-22(19)8-15(18)3)13-25(4)12-16-6-7-21(27-5)20(24)9-16/h6-11,14H,12-13H2,1-5H3. The summed E-state index contributed by atoms with van der Waals surface area (Å²) in [5, 5.41) is 0.946. The summed E-state index contributed by atoms with van der Waals surface area (Å²) >= 11 is 0. The Hall–Kier alpha value is -2.66. The number of hydrogen-bond acceptors (Lipinski definition) is 4. The SMILES string of the molecule is COc1ccc(CN(C)Cc2cc(=O)oc3cc(C)c(C(C)C)cc23)cc1F. The monoisotopic (exact) mass is 383 g/mol. The Morgan fingerprint density at radius 1 is 1.14 bits per heavy atom. The van der Waals surface area contributed by atoms with E-state index in [9.17, 15) is 9.18 Å². The summed E-state index contributed by atoms with van der Waals surface area (Å²) in [7, 11) is 3.39. The maximum absolute atomic E-state index is 13.9. The number of hydrogen-bond donors (Lipinski definition) is 0. The van der Waals surface area contributed by atoms with E-state index in [4.69, 9.17) is 9.15 Å². The van der Waals surface area contributed by atoms with Gasteiger partial charge in [0.05, 0.1) is 7.11 Å². The van der Waals surface area contributed by atoms with Crippen molar-refractivity contribution in [2.75, 3.05) is 14.2 Å². The summed E-state index contributed by atoms with van der Waals surface area (Å²) in [6.45, 7) is 7.43. The maximum atomic E-state index is 13.9. The normalized spacial score (nSPS) is 11.6. The molecule has 0 aliphatic heterocycles. The Labute approximate surface area is 164 Å². The Morgan fingerprint density at radius 3 is 2.54 bits per heavy atom. The van der Waals surface area contributed by atoms with Crippen LogP contribution in [-0.2, 0) is 13.1 Å². The molecule has 0 N–H and O–H groups in total. The molecule has 0 bridgehead atoms. The molecule has 2 aromatic carbocycles. The lowest BCUT2D eigenvalue weighted by Crippen LogP contribution is -2.18. The average molecular weight is 383 g/mol. The predicted octanol–water partition coefficient (Wildman–Crippen LogP) is 5.00. The van der Waals surface area contributed by atoms with Crippen molar-refractivity contribution in [3.05, 3.63) is 74.9 Å². The van der Waals surface area contributed by atoms with Crippen LogP contribution in [-0.4, -0.2) is 19.1 Å². The van der Waals surface area contributed by atoms with Gasteiger partial charge in [-0.2, -0.15) is 0 Å².